The highest BCUT2D eigenvalue weighted by Crippen LogP contribution is 2.34. The van der Waals surface area contributed by atoms with Crippen LogP contribution in [0.25, 0.3) is 11.3 Å². The number of aromatic nitrogens is 1. The van der Waals surface area contributed by atoms with Gasteiger partial charge in [0.05, 0.1) is 5.02 Å². The molecule has 3 nitrogen and oxygen atoms in total. The molecular formula is C10H8BrClN2O. The Kier molecular flexibility index (Phi) is 2.71. The third kappa shape index (κ3) is 1.87. The van der Waals surface area contributed by atoms with E-state index < -0.39 is 0 Å². The molecule has 0 fully saturated rings. The van der Waals surface area contributed by atoms with E-state index in [9.17, 15) is 0 Å². The van der Waals surface area contributed by atoms with Gasteiger partial charge in [0.1, 0.15) is 0 Å². The van der Waals surface area contributed by atoms with Crippen molar-refractivity contribution in [3.8, 4) is 11.3 Å². The Morgan fingerprint density at radius 2 is 2.20 bits per heavy atom. The minimum Gasteiger partial charge on any atom is -0.381 e. The van der Waals surface area contributed by atoms with Crippen LogP contribution in [0.4, 0.5) is 5.82 Å². The van der Waals surface area contributed by atoms with E-state index in [1.807, 2.05) is 19.1 Å². The quantitative estimate of drug-likeness (QED) is 0.871. The predicted molar refractivity (Wildman–Crippen MR) is 63.8 cm³/mol. The van der Waals surface area contributed by atoms with E-state index in [1.165, 1.54) is 0 Å². The molecule has 1 heterocycles. The fraction of sp³-hybridized carbons (Fsp3) is 0.100. The number of nitrogen functional groups attached to an aromatic ring is 1. The van der Waals surface area contributed by atoms with Gasteiger partial charge in [0, 0.05) is 15.6 Å². The monoisotopic (exact) mass is 286 g/mol. The average molecular weight is 288 g/mol. The van der Waals surface area contributed by atoms with Crippen LogP contribution in [0.15, 0.2) is 27.2 Å². The van der Waals surface area contributed by atoms with E-state index in [0.29, 0.717) is 16.6 Å². The normalized spacial score (nSPS) is 10.6. The third-order valence-electron chi connectivity index (χ3n) is 2.13. The van der Waals surface area contributed by atoms with Crippen LogP contribution in [-0.4, -0.2) is 5.16 Å². The molecule has 0 aliphatic heterocycles. The van der Waals surface area contributed by atoms with Crippen LogP contribution < -0.4 is 5.73 Å². The summed E-state index contributed by atoms with van der Waals surface area (Å²) in [5.41, 5.74) is 7.19. The Morgan fingerprint density at radius 1 is 1.47 bits per heavy atom. The van der Waals surface area contributed by atoms with Gasteiger partial charge < -0.3 is 10.3 Å². The predicted octanol–water partition coefficient (Wildman–Crippen LogP) is 3.65. The Hall–Kier alpha value is -1.000. The van der Waals surface area contributed by atoms with Crippen LogP contribution in [0.3, 0.4) is 0 Å². The molecule has 2 N–H and O–H groups in total. The minimum absolute atomic E-state index is 0.390. The van der Waals surface area contributed by atoms with Crippen molar-refractivity contribution in [2.75, 3.05) is 5.73 Å². The molecule has 0 aliphatic carbocycles. The Labute approximate surface area is 100 Å². The summed E-state index contributed by atoms with van der Waals surface area (Å²) < 4.78 is 6.06. The van der Waals surface area contributed by atoms with E-state index in [4.69, 9.17) is 21.9 Å². The second-order valence-electron chi connectivity index (χ2n) is 3.15. The summed E-state index contributed by atoms with van der Waals surface area (Å²) >= 11 is 9.44. The molecule has 2 rings (SSSR count). The number of anilines is 1. The van der Waals surface area contributed by atoms with Crippen LogP contribution in [0, 0.1) is 6.92 Å². The number of nitrogens with two attached hydrogens (primary N) is 1. The van der Waals surface area contributed by atoms with Gasteiger partial charge in [-0.1, -0.05) is 32.7 Å². The maximum absolute atomic E-state index is 6.06. The highest BCUT2D eigenvalue weighted by atomic mass is 79.9. The molecule has 1 aromatic carbocycles. The summed E-state index contributed by atoms with van der Waals surface area (Å²) in [7, 11) is 0. The molecule has 1 aromatic heterocycles. The summed E-state index contributed by atoms with van der Waals surface area (Å²) in [5.74, 6) is 1.000. The van der Waals surface area contributed by atoms with Crippen molar-refractivity contribution >= 4 is 33.3 Å². The molecule has 5 heteroatoms. The Morgan fingerprint density at radius 3 is 2.80 bits per heavy atom. The van der Waals surface area contributed by atoms with Gasteiger partial charge in [-0.3, -0.25) is 0 Å². The van der Waals surface area contributed by atoms with Gasteiger partial charge in [0.15, 0.2) is 11.6 Å². The number of benzene rings is 1. The molecule has 2 aromatic rings. The number of rotatable bonds is 1. The molecule has 15 heavy (non-hydrogen) atoms. The fourth-order valence-corrected chi connectivity index (χ4v) is 1.84. The van der Waals surface area contributed by atoms with Gasteiger partial charge in [-0.15, -0.1) is 0 Å². The first-order valence-electron chi connectivity index (χ1n) is 4.26. The van der Waals surface area contributed by atoms with Crippen LogP contribution in [0.2, 0.25) is 5.02 Å². The van der Waals surface area contributed by atoms with Crippen molar-refractivity contribution in [1.82, 2.24) is 5.16 Å². The molecule has 0 bridgehead atoms. The lowest BCUT2D eigenvalue weighted by Crippen LogP contribution is -1.86. The standard InChI is InChI=1S/C10H8BrClN2O/c1-5-9(15-14-10(5)13)7-4-6(11)2-3-8(7)12/h2-4H,1H3,(H2,13,14). The second kappa shape index (κ2) is 3.87. The number of hydrogen-bond donors (Lipinski definition) is 1. The summed E-state index contributed by atoms with van der Waals surface area (Å²) in [6, 6.07) is 5.52. The summed E-state index contributed by atoms with van der Waals surface area (Å²) in [5, 5.41) is 4.30. The summed E-state index contributed by atoms with van der Waals surface area (Å²) in [6.07, 6.45) is 0. The van der Waals surface area contributed by atoms with Gasteiger partial charge in [-0.25, -0.2) is 0 Å². The first kappa shape index (κ1) is 10.5. The van der Waals surface area contributed by atoms with Crippen molar-refractivity contribution in [2.24, 2.45) is 0 Å². The van der Waals surface area contributed by atoms with Gasteiger partial charge in [0.25, 0.3) is 0 Å². The zero-order chi connectivity index (χ0) is 11.0. The minimum atomic E-state index is 0.390. The van der Waals surface area contributed by atoms with Crippen molar-refractivity contribution in [3.05, 3.63) is 33.3 Å². The van der Waals surface area contributed by atoms with E-state index in [2.05, 4.69) is 21.1 Å². The van der Waals surface area contributed by atoms with Crippen molar-refractivity contribution in [3.63, 3.8) is 0 Å². The van der Waals surface area contributed by atoms with Gasteiger partial charge in [0.2, 0.25) is 0 Å². The summed E-state index contributed by atoms with van der Waals surface area (Å²) in [6.45, 7) is 1.85. The third-order valence-corrected chi connectivity index (χ3v) is 2.96. The lowest BCUT2D eigenvalue weighted by molar-refractivity contribution is 0.435. The second-order valence-corrected chi connectivity index (χ2v) is 4.47. The number of hydrogen-bond acceptors (Lipinski definition) is 3. The van der Waals surface area contributed by atoms with Crippen molar-refractivity contribution < 1.29 is 4.52 Å². The highest BCUT2D eigenvalue weighted by molar-refractivity contribution is 9.10. The maximum Gasteiger partial charge on any atom is 0.173 e. The number of halogens is 2. The smallest absolute Gasteiger partial charge is 0.173 e. The van der Waals surface area contributed by atoms with E-state index in [-0.39, 0.29) is 0 Å². The van der Waals surface area contributed by atoms with Gasteiger partial charge in [-0.2, -0.15) is 0 Å². The molecular weight excluding hydrogens is 279 g/mol. The molecule has 0 amide bonds. The van der Waals surface area contributed by atoms with Gasteiger partial charge >= 0.3 is 0 Å². The Bertz CT molecular complexity index is 510. The van der Waals surface area contributed by atoms with E-state index in [1.54, 1.807) is 6.07 Å². The first-order valence-corrected chi connectivity index (χ1v) is 5.44. The van der Waals surface area contributed by atoms with Gasteiger partial charge in [-0.05, 0) is 25.1 Å². The van der Waals surface area contributed by atoms with Crippen molar-refractivity contribution in [2.45, 2.75) is 6.92 Å². The van der Waals surface area contributed by atoms with Crippen molar-refractivity contribution in [1.29, 1.82) is 0 Å². The first-order chi connectivity index (χ1) is 7.09. The zero-order valence-electron chi connectivity index (χ0n) is 7.92. The fourth-order valence-electron chi connectivity index (χ4n) is 1.27. The molecule has 0 spiro atoms. The average Bonchev–Trinajstić information content (AvgIpc) is 2.52. The molecule has 78 valence electrons. The zero-order valence-corrected chi connectivity index (χ0v) is 10.3. The highest BCUT2D eigenvalue weighted by Gasteiger charge is 2.14. The van der Waals surface area contributed by atoms with Crippen LogP contribution in [0.1, 0.15) is 5.56 Å². The molecule has 0 unspecified atom stereocenters. The van der Waals surface area contributed by atoms with E-state index in [0.717, 1.165) is 15.6 Å². The Balaban J connectivity index is 2.63. The molecule has 0 atom stereocenters. The maximum atomic E-state index is 6.06. The summed E-state index contributed by atoms with van der Waals surface area (Å²) in [4.78, 5) is 0. The number of nitrogens with zero attached hydrogens (tertiary/aromatic N) is 1. The van der Waals surface area contributed by atoms with Crippen LogP contribution in [0.5, 0.6) is 0 Å². The lowest BCUT2D eigenvalue weighted by atomic mass is 10.1. The van der Waals surface area contributed by atoms with Crippen LogP contribution in [-0.2, 0) is 0 Å². The molecule has 0 radical (unpaired) electrons. The topological polar surface area (TPSA) is 52.0 Å². The van der Waals surface area contributed by atoms with Crippen LogP contribution >= 0.6 is 27.5 Å². The molecule has 0 saturated carbocycles. The lowest BCUT2D eigenvalue weighted by Gasteiger charge is -2.01. The SMILES string of the molecule is Cc1c(N)noc1-c1cc(Br)ccc1Cl. The largest absolute Gasteiger partial charge is 0.381 e. The van der Waals surface area contributed by atoms with E-state index >= 15 is 0 Å². The molecule has 0 aliphatic rings. The molecule has 0 saturated heterocycles.